The highest BCUT2D eigenvalue weighted by atomic mass is 33.1. The molecule has 12 nitrogen and oxygen atoms in total. The summed E-state index contributed by atoms with van der Waals surface area (Å²) in [6.45, 7) is 1.36. The van der Waals surface area contributed by atoms with Gasteiger partial charge in [0.15, 0.2) is 11.4 Å². The number of nitrogens with one attached hydrogen (secondary N) is 1. The minimum absolute atomic E-state index is 0.0535. The van der Waals surface area contributed by atoms with Crippen LogP contribution in [0.4, 0.5) is 5.69 Å². The molecule has 2 saturated carbocycles. The zero-order valence-electron chi connectivity index (χ0n) is 27.4. The minimum Gasteiger partial charge on any atom is -0.489 e. The van der Waals surface area contributed by atoms with E-state index in [0.29, 0.717) is 45.9 Å². The summed E-state index contributed by atoms with van der Waals surface area (Å²) in [6.07, 6.45) is 4.01. The van der Waals surface area contributed by atoms with Gasteiger partial charge in [-0.15, -0.1) is 0 Å². The Kier molecular flexibility index (Phi) is 9.48. The van der Waals surface area contributed by atoms with Crippen LogP contribution in [-0.4, -0.2) is 62.2 Å². The number of aliphatic imine (C=N–C) groups is 1. The lowest BCUT2D eigenvalue weighted by Gasteiger charge is -2.37. The summed E-state index contributed by atoms with van der Waals surface area (Å²) in [4.78, 5) is 19.5. The van der Waals surface area contributed by atoms with Crippen LogP contribution in [0.5, 0.6) is 11.5 Å². The highest BCUT2D eigenvalue weighted by Crippen LogP contribution is 2.57. The van der Waals surface area contributed by atoms with E-state index in [1.807, 2.05) is 6.92 Å². The second kappa shape index (κ2) is 13.5. The van der Waals surface area contributed by atoms with Gasteiger partial charge in [-0.3, -0.25) is 15.5 Å². The number of ether oxygens (including phenoxy) is 2. The zero-order valence-corrected chi connectivity index (χ0v) is 29.1. The smallest absolute Gasteiger partial charge is 0.200 e. The first kappa shape index (κ1) is 34.3. The maximum Gasteiger partial charge on any atom is 0.200 e. The molecule has 0 unspecified atom stereocenters. The van der Waals surface area contributed by atoms with E-state index in [-0.39, 0.29) is 53.3 Å². The number of aliphatic hydroxyl groups is 3. The Labute approximate surface area is 292 Å². The number of nitrogens with zero attached hydrogens (tertiary/aromatic N) is 1. The molecule has 0 saturated heterocycles. The standard InChI is InChI=1S/C35H44N4O8S2/c1-34(43)12-4-7-21-25-29(47-32(21)34)23-15-48-49-17-35(16-40,38-33(36)37)14-24(41)28-22(13-18-8-10-19(39-44)11-9-18)27(42)26(30(23)46-28)31(25)45-20-5-2-3-6-20/h8-11,20-21,24,32,39-41,43-44H,2-7,12-17H2,1H3,(H4,36,37,38)/t21-,24-,32+,34-,35+/m1/s1. The van der Waals surface area contributed by atoms with Crippen LogP contribution in [0.15, 0.2) is 38.5 Å². The van der Waals surface area contributed by atoms with E-state index >= 15 is 4.79 Å². The van der Waals surface area contributed by atoms with Crippen molar-refractivity contribution in [2.24, 2.45) is 16.5 Å². The third-order valence-electron chi connectivity index (χ3n) is 10.5. The minimum atomic E-state index is -1.37. The number of benzene rings is 2. The van der Waals surface area contributed by atoms with E-state index in [9.17, 15) is 20.5 Å². The van der Waals surface area contributed by atoms with E-state index in [2.05, 4.69) is 10.5 Å². The lowest BCUT2D eigenvalue weighted by Crippen LogP contribution is -2.47. The number of fused-ring (bicyclic) bond motifs is 5. The van der Waals surface area contributed by atoms with Gasteiger partial charge in [0.2, 0.25) is 0 Å². The first-order chi connectivity index (χ1) is 23.5. The van der Waals surface area contributed by atoms with Crippen LogP contribution < -0.4 is 31.8 Å². The summed E-state index contributed by atoms with van der Waals surface area (Å²) in [6, 6.07) is 6.94. The highest BCUT2D eigenvalue weighted by molar-refractivity contribution is 8.76. The Morgan fingerprint density at radius 2 is 1.90 bits per heavy atom. The van der Waals surface area contributed by atoms with Gasteiger partial charge in [0.25, 0.3) is 0 Å². The highest BCUT2D eigenvalue weighted by Gasteiger charge is 2.51. The van der Waals surface area contributed by atoms with E-state index in [4.69, 9.17) is 25.4 Å². The number of anilines is 1. The number of nitrogens with two attached hydrogens (primary N) is 2. The number of aliphatic hydroxyl groups excluding tert-OH is 2. The van der Waals surface area contributed by atoms with Crippen LogP contribution in [0.2, 0.25) is 0 Å². The quantitative estimate of drug-likeness (QED) is 0.0775. The molecule has 264 valence electrons. The van der Waals surface area contributed by atoms with Crippen molar-refractivity contribution in [1.29, 1.82) is 0 Å². The molecule has 49 heavy (non-hydrogen) atoms. The lowest BCUT2D eigenvalue weighted by molar-refractivity contribution is -0.0727. The molecule has 2 aliphatic carbocycles. The van der Waals surface area contributed by atoms with Gasteiger partial charge >= 0.3 is 0 Å². The van der Waals surface area contributed by atoms with Crippen LogP contribution in [0.1, 0.15) is 98.3 Å². The monoisotopic (exact) mass is 712 g/mol. The number of guanidine groups is 1. The average molecular weight is 713 g/mol. The van der Waals surface area contributed by atoms with Gasteiger partial charge in [0.05, 0.1) is 24.0 Å². The average Bonchev–Trinajstić information content (AvgIpc) is 3.73. The number of rotatable bonds is 7. The number of hydrogen-bond donors (Lipinski definition) is 7. The summed E-state index contributed by atoms with van der Waals surface area (Å²) >= 11 is 0. The van der Waals surface area contributed by atoms with Gasteiger partial charge < -0.3 is 40.7 Å². The van der Waals surface area contributed by atoms with Gasteiger partial charge in [-0.05, 0) is 69.6 Å². The first-order valence-electron chi connectivity index (χ1n) is 16.9. The fourth-order valence-electron chi connectivity index (χ4n) is 8.05. The molecule has 4 aliphatic rings. The van der Waals surface area contributed by atoms with Crippen LogP contribution in [0.25, 0.3) is 11.0 Å². The first-order valence-corrected chi connectivity index (χ1v) is 19.4. The molecule has 9 N–H and O–H groups in total. The van der Waals surface area contributed by atoms with Crippen LogP contribution in [0, 0.1) is 0 Å². The molecule has 2 aromatic carbocycles. The lowest BCUT2D eigenvalue weighted by atomic mass is 9.74. The third-order valence-corrected chi connectivity index (χ3v) is 12.9. The Balaban J connectivity index is 1.50. The van der Waals surface area contributed by atoms with Crippen LogP contribution in [0.3, 0.4) is 0 Å². The number of hydrogen-bond acceptors (Lipinski definition) is 12. The molecule has 1 aromatic heterocycles. The summed E-state index contributed by atoms with van der Waals surface area (Å²) in [5.41, 5.74) is 14.3. The van der Waals surface area contributed by atoms with Gasteiger partial charge in [-0.2, -0.15) is 0 Å². The van der Waals surface area contributed by atoms with Crippen molar-refractivity contribution in [1.82, 2.24) is 0 Å². The molecule has 0 spiro atoms. The third kappa shape index (κ3) is 6.36. The molecule has 5 atom stereocenters. The van der Waals surface area contributed by atoms with Crippen LogP contribution >= 0.6 is 21.6 Å². The zero-order chi connectivity index (χ0) is 34.5. The molecule has 2 aliphatic heterocycles. The second-order valence-corrected chi connectivity index (χ2v) is 16.6. The molecular formula is C35H44N4O8S2. The fourth-order valence-corrected chi connectivity index (χ4v) is 10.6. The van der Waals surface area contributed by atoms with Crippen molar-refractivity contribution in [3.05, 3.63) is 62.5 Å². The van der Waals surface area contributed by atoms with Crippen molar-refractivity contribution in [2.75, 3.05) is 17.8 Å². The second-order valence-electron chi connectivity index (χ2n) is 14.1. The van der Waals surface area contributed by atoms with E-state index in [0.717, 1.165) is 49.7 Å². The van der Waals surface area contributed by atoms with Crippen molar-refractivity contribution in [2.45, 2.75) is 106 Å². The Bertz CT molecular complexity index is 1810. The molecule has 3 aromatic rings. The van der Waals surface area contributed by atoms with E-state index in [1.54, 1.807) is 24.3 Å². The molecule has 7 rings (SSSR count). The fraction of sp³-hybridized carbons (Fsp3) is 0.543. The molecule has 0 radical (unpaired) electrons. The van der Waals surface area contributed by atoms with Gasteiger partial charge in [0.1, 0.15) is 46.0 Å². The SMILES string of the molecule is C[C@@]1(O)CCC[C@@H]2c3c(c4c5oc(c(Cc6ccc(NO)cc6)c(=O)c5c3OC3CCCC3)[C@H](O)C[C@@](CO)(N=C(N)N)CSSC4)O[C@@H]21. The van der Waals surface area contributed by atoms with E-state index in [1.165, 1.54) is 21.6 Å². The Hall–Kier alpha value is -3.14. The molecule has 2 fully saturated rings. The van der Waals surface area contributed by atoms with Crippen molar-refractivity contribution >= 4 is 44.2 Å². The normalized spacial score (nSPS) is 28.4. The maximum absolute atomic E-state index is 15.1. The molecule has 3 heterocycles. The molecule has 14 heteroatoms. The predicted octanol–water partition coefficient (Wildman–Crippen LogP) is 4.61. The van der Waals surface area contributed by atoms with Crippen molar-refractivity contribution in [3.8, 4) is 11.5 Å². The maximum atomic E-state index is 15.1. The van der Waals surface area contributed by atoms with Crippen molar-refractivity contribution < 1.29 is 34.4 Å². The van der Waals surface area contributed by atoms with Gasteiger partial charge in [-0.25, -0.2) is 4.99 Å². The van der Waals surface area contributed by atoms with Crippen LogP contribution in [-0.2, 0) is 12.2 Å². The topological polar surface area (TPSA) is 206 Å². The summed E-state index contributed by atoms with van der Waals surface area (Å²) in [5.74, 6) is 1.31. The predicted molar refractivity (Wildman–Crippen MR) is 191 cm³/mol. The van der Waals surface area contributed by atoms with Gasteiger partial charge in [-0.1, -0.05) is 33.7 Å². The van der Waals surface area contributed by atoms with Gasteiger partial charge in [0, 0.05) is 47.0 Å². The molecular weight excluding hydrogens is 669 g/mol. The largest absolute Gasteiger partial charge is 0.489 e. The Morgan fingerprint density at radius 1 is 1.14 bits per heavy atom. The van der Waals surface area contributed by atoms with E-state index < -0.39 is 30.0 Å². The summed E-state index contributed by atoms with van der Waals surface area (Å²) < 4.78 is 20.3. The summed E-state index contributed by atoms with van der Waals surface area (Å²) in [5, 5.41) is 43.8. The molecule has 0 amide bonds. The van der Waals surface area contributed by atoms with Crippen molar-refractivity contribution in [3.63, 3.8) is 0 Å². The molecule has 2 bridgehead atoms. The Morgan fingerprint density at radius 3 is 2.59 bits per heavy atom. The summed E-state index contributed by atoms with van der Waals surface area (Å²) in [7, 11) is 2.93.